The van der Waals surface area contributed by atoms with Crippen LogP contribution in [0.2, 0.25) is 0 Å². The summed E-state index contributed by atoms with van der Waals surface area (Å²) in [6, 6.07) is 1.81. The molecule has 0 aliphatic rings. The molecule has 0 aliphatic carbocycles. The summed E-state index contributed by atoms with van der Waals surface area (Å²) in [5.74, 6) is 0.202. The number of amidine groups is 1. The zero-order valence-electron chi connectivity index (χ0n) is 9.01. The second-order valence-electron chi connectivity index (χ2n) is 3.35. The number of hydrogen-bond donors (Lipinski definition) is 3. The van der Waals surface area contributed by atoms with Crippen molar-refractivity contribution in [2.45, 2.75) is 25.9 Å². The molecule has 6 heteroatoms. The van der Waals surface area contributed by atoms with E-state index in [1.54, 1.807) is 4.68 Å². The Kier molecular flexibility index (Phi) is 4.11. The molecule has 0 radical (unpaired) electrons. The Hall–Kier alpha value is -1.56. The van der Waals surface area contributed by atoms with Crippen molar-refractivity contribution in [1.29, 1.82) is 0 Å². The molecule has 0 amide bonds. The first kappa shape index (κ1) is 11.5. The summed E-state index contributed by atoms with van der Waals surface area (Å²) in [6.07, 6.45) is 2.64. The van der Waals surface area contributed by atoms with Crippen LogP contribution in [0.25, 0.3) is 0 Å². The van der Waals surface area contributed by atoms with Gasteiger partial charge in [0, 0.05) is 19.8 Å². The van der Waals surface area contributed by atoms with Crippen LogP contribution in [0.3, 0.4) is 0 Å². The van der Waals surface area contributed by atoms with Crippen LogP contribution in [-0.4, -0.2) is 26.9 Å². The van der Waals surface area contributed by atoms with E-state index >= 15 is 0 Å². The van der Waals surface area contributed by atoms with Gasteiger partial charge in [0.05, 0.1) is 11.7 Å². The molecule has 0 aromatic carbocycles. The fourth-order valence-corrected chi connectivity index (χ4v) is 1.31. The van der Waals surface area contributed by atoms with Crippen molar-refractivity contribution in [1.82, 2.24) is 15.1 Å². The molecule has 84 valence electrons. The van der Waals surface area contributed by atoms with E-state index < -0.39 is 0 Å². The van der Waals surface area contributed by atoms with Gasteiger partial charge >= 0.3 is 0 Å². The fraction of sp³-hybridized carbons (Fsp3) is 0.556. The summed E-state index contributed by atoms with van der Waals surface area (Å²) in [5, 5.41) is 18.9. The minimum atomic E-state index is -0.114. The fourth-order valence-electron chi connectivity index (χ4n) is 1.31. The van der Waals surface area contributed by atoms with E-state index in [0.717, 1.165) is 12.1 Å². The van der Waals surface area contributed by atoms with Gasteiger partial charge in [0.15, 0.2) is 5.84 Å². The summed E-state index contributed by atoms with van der Waals surface area (Å²) < 4.78 is 1.74. The first-order chi connectivity index (χ1) is 7.17. The molecule has 0 bridgehead atoms. The number of oxime groups is 1. The van der Waals surface area contributed by atoms with Crippen molar-refractivity contribution in [3.8, 4) is 0 Å². The lowest BCUT2D eigenvalue weighted by molar-refractivity contribution is 0.314. The Morgan fingerprint density at radius 3 is 3.00 bits per heavy atom. The van der Waals surface area contributed by atoms with Crippen LogP contribution < -0.4 is 11.1 Å². The largest absolute Gasteiger partial charge is 0.409 e. The molecule has 1 atom stereocenters. The number of nitrogens with zero attached hydrogens (tertiary/aromatic N) is 3. The van der Waals surface area contributed by atoms with Crippen LogP contribution in [-0.2, 0) is 13.6 Å². The van der Waals surface area contributed by atoms with E-state index in [1.165, 1.54) is 0 Å². The number of nitrogens with two attached hydrogens (primary N) is 1. The average molecular weight is 211 g/mol. The lowest BCUT2D eigenvalue weighted by atomic mass is 10.2. The minimum Gasteiger partial charge on any atom is -0.409 e. The Bertz CT molecular complexity index is 333. The van der Waals surface area contributed by atoms with Gasteiger partial charge in [-0.3, -0.25) is 4.68 Å². The van der Waals surface area contributed by atoms with Crippen LogP contribution in [0.15, 0.2) is 17.4 Å². The number of hydrogen-bond acceptors (Lipinski definition) is 4. The van der Waals surface area contributed by atoms with Crippen molar-refractivity contribution >= 4 is 5.84 Å². The number of nitrogens with one attached hydrogen (secondary N) is 1. The predicted octanol–water partition coefficient (Wildman–Crippen LogP) is 0.0347. The molecular formula is C9H17N5O. The van der Waals surface area contributed by atoms with Crippen LogP contribution in [0.4, 0.5) is 0 Å². The Morgan fingerprint density at radius 1 is 1.80 bits per heavy atom. The standard InChI is InChI=1S/C9H17N5O/c1-3-8(9(10)13-15)11-6-7-4-5-14(2)12-7/h4-5,8,11,15H,3,6H2,1-2H3,(H2,10,13). The average Bonchev–Trinajstić information content (AvgIpc) is 2.64. The SMILES string of the molecule is CCC(NCc1ccn(C)n1)/C(N)=N/O. The molecule has 4 N–H and O–H groups in total. The molecule has 0 saturated carbocycles. The second-order valence-corrected chi connectivity index (χ2v) is 3.35. The maximum absolute atomic E-state index is 8.54. The monoisotopic (exact) mass is 211 g/mol. The summed E-state index contributed by atoms with van der Waals surface area (Å²) in [6.45, 7) is 2.57. The maximum atomic E-state index is 8.54. The molecule has 0 saturated heterocycles. The molecule has 6 nitrogen and oxygen atoms in total. The summed E-state index contributed by atoms with van der Waals surface area (Å²) in [5.41, 5.74) is 6.44. The van der Waals surface area contributed by atoms with Gasteiger partial charge in [-0.05, 0) is 12.5 Å². The van der Waals surface area contributed by atoms with Crippen LogP contribution in [0, 0.1) is 0 Å². The molecular weight excluding hydrogens is 194 g/mol. The zero-order chi connectivity index (χ0) is 11.3. The first-order valence-electron chi connectivity index (χ1n) is 4.86. The van der Waals surface area contributed by atoms with E-state index in [0.29, 0.717) is 6.54 Å². The molecule has 0 spiro atoms. The van der Waals surface area contributed by atoms with Gasteiger partial charge in [-0.1, -0.05) is 12.1 Å². The third-order valence-electron chi connectivity index (χ3n) is 2.18. The van der Waals surface area contributed by atoms with Crippen LogP contribution in [0.1, 0.15) is 19.0 Å². The van der Waals surface area contributed by atoms with Gasteiger partial charge in [0.2, 0.25) is 0 Å². The van der Waals surface area contributed by atoms with Crippen molar-refractivity contribution in [2.75, 3.05) is 0 Å². The van der Waals surface area contributed by atoms with Crippen molar-refractivity contribution in [3.05, 3.63) is 18.0 Å². The second kappa shape index (κ2) is 5.35. The van der Waals surface area contributed by atoms with Gasteiger partial charge in [-0.15, -0.1) is 0 Å². The summed E-state index contributed by atoms with van der Waals surface area (Å²) in [4.78, 5) is 0. The summed E-state index contributed by atoms with van der Waals surface area (Å²) in [7, 11) is 1.87. The van der Waals surface area contributed by atoms with E-state index in [9.17, 15) is 0 Å². The number of aromatic nitrogens is 2. The van der Waals surface area contributed by atoms with Gasteiger partial charge in [-0.2, -0.15) is 5.10 Å². The van der Waals surface area contributed by atoms with Crippen LogP contribution >= 0.6 is 0 Å². The van der Waals surface area contributed by atoms with Crippen LogP contribution in [0.5, 0.6) is 0 Å². The highest BCUT2D eigenvalue weighted by atomic mass is 16.4. The Balaban J connectivity index is 2.48. The van der Waals surface area contributed by atoms with Crippen molar-refractivity contribution in [3.63, 3.8) is 0 Å². The smallest absolute Gasteiger partial charge is 0.156 e. The van der Waals surface area contributed by atoms with E-state index in [1.807, 2.05) is 26.2 Å². The molecule has 1 unspecified atom stereocenters. The van der Waals surface area contributed by atoms with E-state index in [-0.39, 0.29) is 11.9 Å². The third kappa shape index (κ3) is 3.25. The molecule has 0 aliphatic heterocycles. The maximum Gasteiger partial charge on any atom is 0.156 e. The lowest BCUT2D eigenvalue weighted by Gasteiger charge is -2.13. The zero-order valence-corrected chi connectivity index (χ0v) is 9.01. The van der Waals surface area contributed by atoms with Gasteiger partial charge in [-0.25, -0.2) is 0 Å². The predicted molar refractivity (Wildman–Crippen MR) is 57.5 cm³/mol. The van der Waals surface area contributed by atoms with Gasteiger partial charge in [0.25, 0.3) is 0 Å². The highest BCUT2D eigenvalue weighted by molar-refractivity contribution is 5.85. The van der Waals surface area contributed by atoms with E-state index in [2.05, 4.69) is 15.6 Å². The van der Waals surface area contributed by atoms with Gasteiger partial charge in [0.1, 0.15) is 0 Å². The molecule has 15 heavy (non-hydrogen) atoms. The molecule has 1 aromatic heterocycles. The lowest BCUT2D eigenvalue weighted by Crippen LogP contribution is -2.40. The molecule has 0 fully saturated rings. The number of rotatable bonds is 5. The highest BCUT2D eigenvalue weighted by Crippen LogP contribution is 1.97. The summed E-state index contributed by atoms with van der Waals surface area (Å²) >= 11 is 0. The van der Waals surface area contributed by atoms with Crippen molar-refractivity contribution < 1.29 is 5.21 Å². The molecule has 1 rings (SSSR count). The molecule has 1 aromatic rings. The minimum absolute atomic E-state index is 0.114. The normalized spacial score (nSPS) is 14.1. The Labute approximate surface area is 88.8 Å². The van der Waals surface area contributed by atoms with Gasteiger partial charge < -0.3 is 16.3 Å². The number of aryl methyl sites for hydroxylation is 1. The quantitative estimate of drug-likeness (QED) is 0.277. The highest BCUT2D eigenvalue weighted by Gasteiger charge is 2.10. The topological polar surface area (TPSA) is 88.5 Å². The first-order valence-corrected chi connectivity index (χ1v) is 4.86. The van der Waals surface area contributed by atoms with Crippen molar-refractivity contribution in [2.24, 2.45) is 17.9 Å². The molecule has 1 heterocycles. The van der Waals surface area contributed by atoms with E-state index in [4.69, 9.17) is 10.9 Å². The third-order valence-corrected chi connectivity index (χ3v) is 2.18. The Morgan fingerprint density at radius 2 is 2.53 bits per heavy atom.